The van der Waals surface area contributed by atoms with E-state index in [1.807, 2.05) is 6.92 Å². The Morgan fingerprint density at radius 1 is 1.38 bits per heavy atom. The molecule has 2 atom stereocenters. The van der Waals surface area contributed by atoms with E-state index < -0.39 is 35.1 Å². The molecule has 2 rings (SSSR count). The first-order valence-electron chi connectivity index (χ1n) is 6.92. The molecule has 1 aliphatic heterocycles. The smallest absolute Gasteiger partial charge is 0.326 e. The van der Waals surface area contributed by atoms with E-state index in [9.17, 15) is 23.5 Å². The number of carbonyl (C=O) groups excluding carboxylic acids is 1. The lowest BCUT2D eigenvalue weighted by molar-refractivity contribution is -0.144. The largest absolute Gasteiger partial charge is 0.480 e. The number of likely N-dealkylation sites (tertiary alicyclic amines) is 1. The fraction of sp³-hybridized carbons (Fsp3) is 0.467. The lowest BCUT2D eigenvalue weighted by Crippen LogP contribution is -2.50. The summed E-state index contributed by atoms with van der Waals surface area (Å²) in [5.74, 6) is -3.22. The minimum Gasteiger partial charge on any atom is -0.480 e. The van der Waals surface area contributed by atoms with Gasteiger partial charge >= 0.3 is 5.97 Å². The molecule has 114 valence electrons. The number of hydrogen-bond acceptors (Lipinski definition) is 2. The van der Waals surface area contributed by atoms with Gasteiger partial charge in [-0.15, -0.1) is 0 Å². The summed E-state index contributed by atoms with van der Waals surface area (Å²) < 4.78 is 26.9. The van der Waals surface area contributed by atoms with Gasteiger partial charge in [0.1, 0.15) is 17.7 Å². The third-order valence-corrected chi connectivity index (χ3v) is 3.99. The number of carboxylic acids is 1. The average Bonchev–Trinajstić information content (AvgIpc) is 2.48. The predicted molar refractivity (Wildman–Crippen MR) is 71.8 cm³/mol. The van der Waals surface area contributed by atoms with Crippen molar-refractivity contribution in [1.29, 1.82) is 0 Å². The van der Waals surface area contributed by atoms with E-state index >= 15 is 0 Å². The van der Waals surface area contributed by atoms with Crippen LogP contribution in [0.25, 0.3) is 0 Å². The zero-order valence-electron chi connectivity index (χ0n) is 11.7. The number of benzene rings is 1. The van der Waals surface area contributed by atoms with Crippen LogP contribution in [0.1, 0.15) is 36.5 Å². The Morgan fingerprint density at radius 2 is 2.10 bits per heavy atom. The van der Waals surface area contributed by atoms with Gasteiger partial charge in [-0.2, -0.15) is 0 Å². The standard InChI is InChI=1S/C15H17F2NO3/c1-2-9-5-6-18(13(7-9)15(20)21)14(19)11-8-10(16)3-4-12(11)17/h3-4,8-9,13H,2,5-7H2,1H3,(H,20,21). The summed E-state index contributed by atoms with van der Waals surface area (Å²) >= 11 is 0. The first-order valence-corrected chi connectivity index (χ1v) is 6.92. The second kappa shape index (κ2) is 6.20. The Morgan fingerprint density at radius 3 is 2.71 bits per heavy atom. The van der Waals surface area contributed by atoms with Gasteiger partial charge in [0.2, 0.25) is 0 Å². The van der Waals surface area contributed by atoms with Crippen LogP contribution in [0.2, 0.25) is 0 Å². The summed E-state index contributed by atoms with van der Waals surface area (Å²) in [6.07, 6.45) is 1.84. The third kappa shape index (κ3) is 3.20. The summed E-state index contributed by atoms with van der Waals surface area (Å²) in [4.78, 5) is 24.8. The van der Waals surface area contributed by atoms with E-state index in [2.05, 4.69) is 0 Å². The van der Waals surface area contributed by atoms with Crippen molar-refractivity contribution in [2.24, 2.45) is 5.92 Å². The van der Waals surface area contributed by atoms with Gasteiger partial charge in [-0.3, -0.25) is 4.79 Å². The highest BCUT2D eigenvalue weighted by Crippen LogP contribution is 2.27. The fourth-order valence-corrected chi connectivity index (χ4v) is 2.70. The Labute approximate surface area is 121 Å². The minimum atomic E-state index is -1.11. The van der Waals surface area contributed by atoms with E-state index in [0.29, 0.717) is 12.8 Å². The van der Waals surface area contributed by atoms with Crippen LogP contribution >= 0.6 is 0 Å². The lowest BCUT2D eigenvalue weighted by atomic mass is 9.88. The zero-order valence-corrected chi connectivity index (χ0v) is 11.7. The van der Waals surface area contributed by atoms with Crippen LogP contribution in [0.4, 0.5) is 8.78 Å². The Balaban J connectivity index is 2.28. The average molecular weight is 297 g/mol. The van der Waals surface area contributed by atoms with Crippen molar-refractivity contribution >= 4 is 11.9 Å². The number of nitrogens with zero attached hydrogens (tertiary/aromatic N) is 1. The van der Waals surface area contributed by atoms with Crippen molar-refractivity contribution < 1.29 is 23.5 Å². The molecule has 0 aliphatic carbocycles. The van der Waals surface area contributed by atoms with Crippen molar-refractivity contribution in [3.8, 4) is 0 Å². The molecule has 1 saturated heterocycles. The number of halogens is 2. The highest BCUT2D eigenvalue weighted by atomic mass is 19.1. The van der Waals surface area contributed by atoms with E-state index in [4.69, 9.17) is 0 Å². The lowest BCUT2D eigenvalue weighted by Gasteiger charge is -2.37. The molecule has 0 aromatic heterocycles. The van der Waals surface area contributed by atoms with E-state index in [0.717, 1.165) is 29.5 Å². The maximum absolute atomic E-state index is 13.7. The molecule has 1 amide bonds. The van der Waals surface area contributed by atoms with Gasteiger partial charge in [-0.25, -0.2) is 13.6 Å². The van der Waals surface area contributed by atoms with Gasteiger partial charge in [-0.05, 0) is 37.0 Å². The molecule has 21 heavy (non-hydrogen) atoms. The molecule has 1 aromatic rings. The molecule has 1 aromatic carbocycles. The molecule has 2 unspecified atom stereocenters. The Hall–Kier alpha value is -1.98. The molecule has 6 heteroatoms. The molecule has 4 nitrogen and oxygen atoms in total. The number of carboxylic acid groups (broad SMARTS) is 1. The summed E-state index contributed by atoms with van der Waals surface area (Å²) in [7, 11) is 0. The predicted octanol–water partition coefficient (Wildman–Crippen LogP) is 2.68. The topological polar surface area (TPSA) is 57.6 Å². The zero-order chi connectivity index (χ0) is 15.6. The number of piperidine rings is 1. The quantitative estimate of drug-likeness (QED) is 0.933. The molecule has 1 N–H and O–H groups in total. The molecule has 1 heterocycles. The summed E-state index contributed by atoms with van der Waals surface area (Å²) in [6, 6.07) is 1.61. The highest BCUT2D eigenvalue weighted by Gasteiger charge is 2.36. The van der Waals surface area contributed by atoms with Crippen LogP contribution in [-0.4, -0.2) is 34.5 Å². The second-order valence-corrected chi connectivity index (χ2v) is 5.28. The maximum atomic E-state index is 13.7. The normalized spacial score (nSPS) is 22.1. The molecule has 0 radical (unpaired) electrons. The number of amides is 1. The van der Waals surface area contributed by atoms with Gasteiger partial charge < -0.3 is 10.0 Å². The van der Waals surface area contributed by atoms with Gasteiger partial charge in [0, 0.05) is 6.54 Å². The van der Waals surface area contributed by atoms with Crippen LogP contribution in [-0.2, 0) is 4.79 Å². The first kappa shape index (κ1) is 15.4. The van der Waals surface area contributed by atoms with Crippen molar-refractivity contribution in [1.82, 2.24) is 4.90 Å². The Kier molecular flexibility index (Phi) is 4.55. The van der Waals surface area contributed by atoms with Crippen molar-refractivity contribution in [2.75, 3.05) is 6.54 Å². The van der Waals surface area contributed by atoms with Crippen LogP contribution in [0.5, 0.6) is 0 Å². The van der Waals surface area contributed by atoms with Crippen LogP contribution in [0.15, 0.2) is 18.2 Å². The second-order valence-electron chi connectivity index (χ2n) is 5.28. The van der Waals surface area contributed by atoms with Crippen molar-refractivity contribution in [3.63, 3.8) is 0 Å². The molecular formula is C15H17F2NO3. The third-order valence-electron chi connectivity index (χ3n) is 3.99. The van der Waals surface area contributed by atoms with Gasteiger partial charge in [0.25, 0.3) is 5.91 Å². The van der Waals surface area contributed by atoms with Crippen molar-refractivity contribution in [3.05, 3.63) is 35.4 Å². The maximum Gasteiger partial charge on any atom is 0.326 e. The van der Waals surface area contributed by atoms with Crippen LogP contribution < -0.4 is 0 Å². The molecule has 0 spiro atoms. The van der Waals surface area contributed by atoms with Gasteiger partial charge in [0.15, 0.2) is 0 Å². The monoisotopic (exact) mass is 297 g/mol. The van der Waals surface area contributed by atoms with Gasteiger partial charge in [-0.1, -0.05) is 13.3 Å². The number of carbonyl (C=O) groups is 2. The first-order chi connectivity index (χ1) is 9.93. The number of hydrogen-bond donors (Lipinski definition) is 1. The molecule has 0 bridgehead atoms. The van der Waals surface area contributed by atoms with E-state index in [1.165, 1.54) is 0 Å². The highest BCUT2D eigenvalue weighted by molar-refractivity contribution is 5.97. The fourth-order valence-electron chi connectivity index (χ4n) is 2.70. The number of aliphatic carboxylic acids is 1. The van der Waals surface area contributed by atoms with Crippen LogP contribution in [0.3, 0.4) is 0 Å². The van der Waals surface area contributed by atoms with Crippen molar-refractivity contribution in [2.45, 2.75) is 32.2 Å². The summed E-state index contributed by atoms with van der Waals surface area (Å²) in [5, 5.41) is 9.28. The van der Waals surface area contributed by atoms with Gasteiger partial charge in [0.05, 0.1) is 5.56 Å². The number of rotatable bonds is 3. The van der Waals surface area contributed by atoms with E-state index in [-0.39, 0.29) is 12.5 Å². The summed E-state index contributed by atoms with van der Waals surface area (Å²) in [5.41, 5.74) is -0.420. The van der Waals surface area contributed by atoms with Crippen LogP contribution in [0, 0.1) is 17.6 Å². The molecule has 1 aliphatic rings. The molecular weight excluding hydrogens is 280 g/mol. The molecule has 0 saturated carbocycles. The van der Waals surface area contributed by atoms with E-state index in [1.54, 1.807) is 0 Å². The molecule has 1 fully saturated rings. The Bertz CT molecular complexity index is 562. The SMILES string of the molecule is CCC1CCN(C(=O)c2cc(F)ccc2F)C(C(=O)O)C1. The minimum absolute atomic E-state index is 0.229. The summed E-state index contributed by atoms with van der Waals surface area (Å²) in [6.45, 7) is 2.21.